The fourth-order valence-corrected chi connectivity index (χ4v) is 2.52. The molecule has 0 aliphatic carbocycles. The van der Waals surface area contributed by atoms with Crippen molar-refractivity contribution in [1.29, 1.82) is 0 Å². The van der Waals surface area contributed by atoms with E-state index in [1.165, 1.54) is 17.8 Å². The summed E-state index contributed by atoms with van der Waals surface area (Å²) in [5.74, 6) is -1.26. The highest BCUT2D eigenvalue weighted by Gasteiger charge is 2.18. The maximum absolute atomic E-state index is 13.3. The molecule has 0 saturated heterocycles. The topological polar surface area (TPSA) is 66.4 Å². The molecule has 0 spiro atoms. The van der Waals surface area contributed by atoms with Gasteiger partial charge in [-0.05, 0) is 18.6 Å². The number of carboxylic acids is 1. The lowest BCUT2D eigenvalue weighted by atomic mass is 10.1. The van der Waals surface area contributed by atoms with Gasteiger partial charge in [0.2, 0.25) is 5.91 Å². The maximum Gasteiger partial charge on any atom is 0.326 e. The van der Waals surface area contributed by atoms with E-state index in [0.29, 0.717) is 23.5 Å². The van der Waals surface area contributed by atoms with E-state index in [1.54, 1.807) is 18.2 Å². The maximum atomic E-state index is 13.3. The third kappa shape index (κ3) is 5.61. The van der Waals surface area contributed by atoms with Crippen LogP contribution >= 0.6 is 11.8 Å². The smallest absolute Gasteiger partial charge is 0.326 e. The van der Waals surface area contributed by atoms with Crippen LogP contribution in [0.5, 0.6) is 0 Å². The van der Waals surface area contributed by atoms with Crippen LogP contribution in [0, 0.1) is 5.82 Å². The summed E-state index contributed by atoms with van der Waals surface area (Å²) < 4.78 is 13.3. The van der Waals surface area contributed by atoms with Crippen LogP contribution in [0.3, 0.4) is 0 Å². The van der Waals surface area contributed by atoms with Crippen molar-refractivity contribution < 1.29 is 19.1 Å². The molecule has 4 nitrogen and oxygen atoms in total. The van der Waals surface area contributed by atoms with Gasteiger partial charge in [-0.3, -0.25) is 4.79 Å². The van der Waals surface area contributed by atoms with Crippen molar-refractivity contribution in [3.63, 3.8) is 0 Å². The molecule has 1 rings (SSSR count). The Labute approximate surface area is 121 Å². The Hall–Kier alpha value is -1.56. The van der Waals surface area contributed by atoms with E-state index >= 15 is 0 Å². The molecule has 20 heavy (non-hydrogen) atoms. The molecule has 0 bridgehead atoms. The minimum absolute atomic E-state index is 0.159. The number of amides is 1. The van der Waals surface area contributed by atoms with Gasteiger partial charge in [0, 0.05) is 17.1 Å². The average molecular weight is 299 g/mol. The van der Waals surface area contributed by atoms with Crippen LogP contribution in [0.2, 0.25) is 0 Å². The Bertz CT molecular complexity index is 467. The molecule has 6 heteroatoms. The van der Waals surface area contributed by atoms with Crippen molar-refractivity contribution in [3.05, 3.63) is 30.1 Å². The summed E-state index contributed by atoms with van der Waals surface area (Å²) in [4.78, 5) is 23.0. The first-order valence-electron chi connectivity index (χ1n) is 6.44. The van der Waals surface area contributed by atoms with E-state index in [9.17, 15) is 14.0 Å². The second-order valence-electron chi connectivity index (χ2n) is 4.28. The van der Waals surface area contributed by atoms with Gasteiger partial charge in [-0.1, -0.05) is 25.5 Å². The van der Waals surface area contributed by atoms with E-state index in [2.05, 4.69) is 5.32 Å². The van der Waals surface area contributed by atoms with Crippen LogP contribution in [0.4, 0.5) is 4.39 Å². The molecule has 110 valence electrons. The summed E-state index contributed by atoms with van der Waals surface area (Å²) >= 11 is 1.24. The lowest BCUT2D eigenvalue weighted by molar-refractivity contribution is -0.142. The van der Waals surface area contributed by atoms with Gasteiger partial charge in [-0.2, -0.15) is 0 Å². The third-order valence-corrected chi connectivity index (χ3v) is 3.68. The van der Waals surface area contributed by atoms with Crippen molar-refractivity contribution in [2.24, 2.45) is 0 Å². The number of thioether (sulfide) groups is 1. The van der Waals surface area contributed by atoms with Crippen LogP contribution in [0.15, 0.2) is 29.2 Å². The summed E-state index contributed by atoms with van der Waals surface area (Å²) in [6.45, 7) is 1.86. The van der Waals surface area contributed by atoms with E-state index in [0.717, 1.165) is 0 Å². The molecule has 1 aromatic rings. The highest BCUT2D eigenvalue weighted by molar-refractivity contribution is 7.99. The van der Waals surface area contributed by atoms with Gasteiger partial charge in [-0.15, -0.1) is 11.8 Å². The van der Waals surface area contributed by atoms with Crippen molar-refractivity contribution >= 4 is 23.6 Å². The first kappa shape index (κ1) is 16.5. The average Bonchev–Trinajstić information content (AvgIpc) is 2.40. The van der Waals surface area contributed by atoms with Crippen LogP contribution in [0.1, 0.15) is 26.2 Å². The number of benzene rings is 1. The molecule has 1 amide bonds. The standard InChI is InChI=1S/C14H18FNO3S/c1-2-5-11(14(18)19)16-13(17)8-9-20-12-7-4-3-6-10(12)15/h3-4,6-7,11H,2,5,8-9H2,1H3,(H,16,17)(H,18,19)/t11-/m0/s1. The summed E-state index contributed by atoms with van der Waals surface area (Å²) in [6, 6.07) is 5.51. The number of hydrogen-bond donors (Lipinski definition) is 2. The predicted octanol–water partition coefficient (Wildman–Crippen LogP) is 2.68. The number of halogens is 1. The molecule has 0 aliphatic heterocycles. The minimum atomic E-state index is -1.03. The molecular formula is C14H18FNO3S. The third-order valence-electron chi connectivity index (χ3n) is 2.63. The number of carbonyl (C=O) groups excluding carboxylic acids is 1. The van der Waals surface area contributed by atoms with Gasteiger partial charge >= 0.3 is 5.97 Å². The normalized spacial score (nSPS) is 11.9. The Morgan fingerprint density at radius 3 is 2.70 bits per heavy atom. The molecule has 0 saturated carbocycles. The first-order chi connectivity index (χ1) is 9.54. The van der Waals surface area contributed by atoms with Crippen LogP contribution in [0.25, 0.3) is 0 Å². The first-order valence-corrected chi connectivity index (χ1v) is 7.42. The molecule has 1 aromatic carbocycles. The Balaban J connectivity index is 2.36. The van der Waals surface area contributed by atoms with E-state index in [4.69, 9.17) is 5.11 Å². The van der Waals surface area contributed by atoms with Gasteiger partial charge in [0.1, 0.15) is 11.9 Å². The summed E-state index contributed by atoms with van der Waals surface area (Å²) in [6.07, 6.45) is 1.25. The van der Waals surface area contributed by atoms with Gasteiger partial charge < -0.3 is 10.4 Å². The molecule has 0 aliphatic rings. The monoisotopic (exact) mass is 299 g/mol. The summed E-state index contributed by atoms with van der Waals surface area (Å²) in [5.41, 5.74) is 0. The quantitative estimate of drug-likeness (QED) is 0.724. The van der Waals surface area contributed by atoms with E-state index in [1.807, 2.05) is 6.92 Å². The van der Waals surface area contributed by atoms with Crippen LogP contribution < -0.4 is 5.32 Å². The predicted molar refractivity (Wildman–Crippen MR) is 76.2 cm³/mol. The molecular weight excluding hydrogens is 281 g/mol. The number of aliphatic carboxylic acids is 1. The van der Waals surface area contributed by atoms with Gasteiger partial charge in [0.05, 0.1) is 0 Å². The number of nitrogens with one attached hydrogen (secondary N) is 1. The molecule has 0 heterocycles. The second-order valence-corrected chi connectivity index (χ2v) is 5.41. The van der Waals surface area contributed by atoms with Gasteiger partial charge in [0.15, 0.2) is 0 Å². The molecule has 0 fully saturated rings. The molecule has 2 N–H and O–H groups in total. The van der Waals surface area contributed by atoms with Crippen LogP contribution in [-0.2, 0) is 9.59 Å². The molecule has 1 atom stereocenters. The zero-order valence-corrected chi connectivity index (χ0v) is 12.1. The number of carboxylic acid groups (broad SMARTS) is 1. The fourth-order valence-electron chi connectivity index (χ4n) is 1.63. The SMILES string of the molecule is CCC[C@H](NC(=O)CCSc1ccccc1F)C(=O)O. The highest BCUT2D eigenvalue weighted by atomic mass is 32.2. The number of rotatable bonds is 8. The Morgan fingerprint density at radius 2 is 2.10 bits per heavy atom. The molecule has 0 unspecified atom stereocenters. The lowest BCUT2D eigenvalue weighted by Crippen LogP contribution is -2.40. The zero-order valence-electron chi connectivity index (χ0n) is 11.3. The van der Waals surface area contributed by atoms with E-state index < -0.39 is 12.0 Å². The van der Waals surface area contributed by atoms with Gasteiger partial charge in [-0.25, -0.2) is 9.18 Å². The largest absolute Gasteiger partial charge is 0.480 e. The fraction of sp³-hybridized carbons (Fsp3) is 0.429. The summed E-state index contributed by atoms with van der Waals surface area (Å²) in [7, 11) is 0. The van der Waals surface area contributed by atoms with Crippen LogP contribution in [-0.4, -0.2) is 28.8 Å². The molecule has 0 radical (unpaired) electrons. The highest BCUT2D eigenvalue weighted by Crippen LogP contribution is 2.21. The molecule has 0 aromatic heterocycles. The minimum Gasteiger partial charge on any atom is -0.480 e. The second kappa shape index (κ2) is 8.58. The van der Waals surface area contributed by atoms with Crippen molar-refractivity contribution in [1.82, 2.24) is 5.32 Å². The van der Waals surface area contributed by atoms with E-state index in [-0.39, 0.29) is 18.1 Å². The lowest BCUT2D eigenvalue weighted by Gasteiger charge is -2.13. The van der Waals surface area contributed by atoms with Crippen molar-refractivity contribution in [2.45, 2.75) is 37.1 Å². The number of carbonyl (C=O) groups is 2. The van der Waals surface area contributed by atoms with Crippen molar-refractivity contribution in [3.8, 4) is 0 Å². The van der Waals surface area contributed by atoms with Crippen molar-refractivity contribution in [2.75, 3.05) is 5.75 Å². The number of hydrogen-bond acceptors (Lipinski definition) is 3. The van der Waals surface area contributed by atoms with Gasteiger partial charge in [0.25, 0.3) is 0 Å². The summed E-state index contributed by atoms with van der Waals surface area (Å²) in [5, 5.41) is 11.4. The zero-order chi connectivity index (χ0) is 15.0. The Morgan fingerprint density at radius 1 is 1.40 bits per heavy atom. The Kier molecular flexibility index (Phi) is 7.08.